The lowest BCUT2D eigenvalue weighted by atomic mass is 10.1. The van der Waals surface area contributed by atoms with Crippen LogP contribution in [0.1, 0.15) is 58.8 Å². The van der Waals surface area contributed by atoms with E-state index in [-0.39, 0.29) is 18.1 Å². The first-order valence-electron chi connectivity index (χ1n) is 7.79. The van der Waals surface area contributed by atoms with Crippen molar-refractivity contribution in [1.82, 2.24) is 5.32 Å². The molecule has 0 aromatic rings. The van der Waals surface area contributed by atoms with E-state index in [4.69, 9.17) is 5.73 Å². The van der Waals surface area contributed by atoms with Crippen LogP contribution in [-0.4, -0.2) is 32.0 Å². The first-order valence-corrected chi connectivity index (χ1v) is 9.50. The summed E-state index contributed by atoms with van der Waals surface area (Å²) < 4.78 is 22.9. The lowest BCUT2D eigenvalue weighted by Crippen LogP contribution is -2.36. The Labute approximate surface area is 133 Å². The fourth-order valence-electron chi connectivity index (χ4n) is 1.86. The Morgan fingerprint density at radius 3 is 2.32 bits per heavy atom. The fourth-order valence-corrected chi connectivity index (χ4v) is 2.48. The lowest BCUT2D eigenvalue weighted by molar-refractivity contribution is -0.122. The van der Waals surface area contributed by atoms with Crippen molar-refractivity contribution in [1.29, 1.82) is 0 Å². The van der Waals surface area contributed by atoms with E-state index in [9.17, 15) is 18.0 Å². The molecule has 7 heteroatoms. The van der Waals surface area contributed by atoms with Gasteiger partial charge in [0, 0.05) is 11.8 Å². The molecule has 0 aromatic carbocycles. The minimum Gasteiger partial charge on any atom is -0.370 e. The summed E-state index contributed by atoms with van der Waals surface area (Å²) in [5.41, 5.74) is 5.12. The van der Waals surface area contributed by atoms with Crippen molar-refractivity contribution in [2.24, 2.45) is 5.73 Å². The average Bonchev–Trinajstić information content (AvgIpc) is 2.44. The molecule has 3 N–H and O–H groups in total. The number of unbranched alkanes of at least 4 members (excludes halogenated alkanes) is 4. The van der Waals surface area contributed by atoms with Gasteiger partial charge in [-0.3, -0.25) is 9.59 Å². The van der Waals surface area contributed by atoms with Crippen LogP contribution in [0.2, 0.25) is 0 Å². The van der Waals surface area contributed by atoms with Crippen molar-refractivity contribution in [3.05, 3.63) is 11.5 Å². The molecule has 0 aliphatic carbocycles. The van der Waals surface area contributed by atoms with Gasteiger partial charge in [0.05, 0.1) is 18.2 Å². The number of carbonyl (C=O) groups excluding carboxylic acids is 2. The van der Waals surface area contributed by atoms with Crippen LogP contribution in [0.5, 0.6) is 0 Å². The smallest absolute Gasteiger partial charge is 0.220 e. The molecular weight excluding hydrogens is 304 g/mol. The lowest BCUT2D eigenvalue weighted by Gasteiger charge is -2.13. The molecule has 0 aliphatic heterocycles. The molecule has 0 aromatic heterocycles. The minimum absolute atomic E-state index is 0.0296. The molecular formula is C15H28N2O4S. The van der Waals surface area contributed by atoms with E-state index in [0.29, 0.717) is 6.42 Å². The van der Waals surface area contributed by atoms with Crippen LogP contribution in [0, 0.1) is 0 Å². The second-order valence-corrected chi connectivity index (χ2v) is 7.46. The number of rotatable bonds is 12. The van der Waals surface area contributed by atoms with Gasteiger partial charge in [-0.2, -0.15) is 0 Å². The Morgan fingerprint density at radius 2 is 1.77 bits per heavy atom. The number of nitrogens with two attached hydrogens (primary N) is 1. The van der Waals surface area contributed by atoms with Gasteiger partial charge in [-0.1, -0.05) is 45.6 Å². The third-order valence-corrected chi connectivity index (χ3v) is 4.57. The molecule has 0 rings (SSSR count). The highest BCUT2D eigenvalue weighted by Gasteiger charge is 2.13. The Kier molecular flexibility index (Phi) is 10.5. The predicted molar refractivity (Wildman–Crippen MR) is 87.7 cm³/mol. The van der Waals surface area contributed by atoms with E-state index in [1.54, 1.807) is 0 Å². The number of nitrogens with one attached hydrogen (secondary N) is 1. The van der Waals surface area contributed by atoms with E-state index >= 15 is 0 Å². The monoisotopic (exact) mass is 332 g/mol. The summed E-state index contributed by atoms with van der Waals surface area (Å²) in [6.07, 6.45) is 6.74. The first kappa shape index (κ1) is 20.6. The molecule has 0 fully saturated rings. The Morgan fingerprint density at radius 1 is 1.14 bits per heavy atom. The Bertz CT molecular complexity index is 472. The number of hydrogen-bond donors (Lipinski definition) is 2. The summed E-state index contributed by atoms with van der Waals surface area (Å²) in [6, 6.07) is -0.679. The maximum Gasteiger partial charge on any atom is 0.220 e. The summed E-state index contributed by atoms with van der Waals surface area (Å²) in [5.74, 6) is -0.814. The summed E-state index contributed by atoms with van der Waals surface area (Å²) in [4.78, 5) is 22.8. The van der Waals surface area contributed by atoms with Crippen molar-refractivity contribution in [3.63, 3.8) is 0 Å². The van der Waals surface area contributed by atoms with Gasteiger partial charge in [-0.05, 0) is 6.42 Å². The standard InChI is InChI=1S/C15H28N2O4S/c1-3-5-6-7-8-9-15(19)17-13(12-14(16)18)10-11-22(20,21)4-2/h10-11,13H,3-9,12H2,1-2H3,(H2,16,18)(H,17,19)/b11-10+/t13-/m0/s1. The van der Waals surface area contributed by atoms with Crippen LogP contribution in [0.4, 0.5) is 0 Å². The number of carbonyl (C=O) groups is 2. The molecule has 0 radical (unpaired) electrons. The van der Waals surface area contributed by atoms with Gasteiger partial charge in [0.2, 0.25) is 11.8 Å². The van der Waals surface area contributed by atoms with Crippen molar-refractivity contribution >= 4 is 21.7 Å². The van der Waals surface area contributed by atoms with Crippen LogP contribution in [0.25, 0.3) is 0 Å². The molecule has 0 aliphatic rings. The van der Waals surface area contributed by atoms with Crippen LogP contribution < -0.4 is 11.1 Å². The molecule has 22 heavy (non-hydrogen) atoms. The molecule has 2 amide bonds. The predicted octanol–water partition coefficient (Wildman–Crippen LogP) is 1.66. The highest BCUT2D eigenvalue weighted by atomic mass is 32.2. The van der Waals surface area contributed by atoms with Crippen LogP contribution >= 0.6 is 0 Å². The maximum absolute atomic E-state index is 11.8. The quantitative estimate of drug-likeness (QED) is 0.530. The van der Waals surface area contributed by atoms with Crippen molar-refractivity contribution in [2.75, 3.05) is 5.75 Å². The molecule has 0 heterocycles. The van der Waals surface area contributed by atoms with Gasteiger partial charge in [-0.25, -0.2) is 8.42 Å². The van der Waals surface area contributed by atoms with Crippen LogP contribution in [0.3, 0.4) is 0 Å². The fraction of sp³-hybridized carbons (Fsp3) is 0.733. The second kappa shape index (κ2) is 11.2. The summed E-state index contributed by atoms with van der Waals surface area (Å²) in [5, 5.41) is 3.67. The molecule has 0 saturated carbocycles. The highest BCUT2D eigenvalue weighted by molar-refractivity contribution is 7.94. The molecule has 0 saturated heterocycles. The summed E-state index contributed by atoms with van der Waals surface area (Å²) in [7, 11) is -3.30. The highest BCUT2D eigenvalue weighted by Crippen LogP contribution is 2.06. The average molecular weight is 332 g/mol. The SMILES string of the molecule is CCCCCCCC(=O)N[C@@H](/C=C/S(=O)(=O)CC)CC(N)=O. The topological polar surface area (TPSA) is 106 Å². The van der Waals surface area contributed by atoms with E-state index in [2.05, 4.69) is 12.2 Å². The van der Waals surface area contributed by atoms with Crippen molar-refractivity contribution < 1.29 is 18.0 Å². The number of sulfone groups is 1. The third-order valence-electron chi connectivity index (χ3n) is 3.20. The number of hydrogen-bond acceptors (Lipinski definition) is 4. The Hall–Kier alpha value is -1.37. The molecule has 1 atom stereocenters. The van der Waals surface area contributed by atoms with E-state index < -0.39 is 21.8 Å². The summed E-state index contributed by atoms with van der Waals surface area (Å²) >= 11 is 0. The van der Waals surface area contributed by atoms with Crippen LogP contribution in [-0.2, 0) is 19.4 Å². The molecule has 0 spiro atoms. The molecule has 0 unspecified atom stereocenters. The Balaban J connectivity index is 4.40. The van der Waals surface area contributed by atoms with Gasteiger partial charge in [0.15, 0.2) is 9.84 Å². The zero-order valence-electron chi connectivity index (χ0n) is 13.5. The van der Waals surface area contributed by atoms with Gasteiger partial charge in [-0.15, -0.1) is 0 Å². The zero-order chi connectivity index (χ0) is 17.0. The van der Waals surface area contributed by atoms with E-state index in [0.717, 1.165) is 37.5 Å². The normalized spacial score (nSPS) is 13.2. The van der Waals surface area contributed by atoms with E-state index in [1.807, 2.05) is 0 Å². The van der Waals surface area contributed by atoms with Gasteiger partial charge >= 0.3 is 0 Å². The molecule has 0 bridgehead atoms. The van der Waals surface area contributed by atoms with E-state index in [1.165, 1.54) is 13.0 Å². The van der Waals surface area contributed by atoms with Crippen LogP contribution in [0.15, 0.2) is 11.5 Å². The first-order chi connectivity index (χ1) is 10.3. The van der Waals surface area contributed by atoms with Crippen molar-refractivity contribution in [2.45, 2.75) is 64.8 Å². The second-order valence-electron chi connectivity index (χ2n) is 5.29. The van der Waals surface area contributed by atoms with Gasteiger partial charge in [0.25, 0.3) is 0 Å². The van der Waals surface area contributed by atoms with Gasteiger partial charge < -0.3 is 11.1 Å². The molecule has 128 valence electrons. The minimum atomic E-state index is -3.30. The molecule has 6 nitrogen and oxygen atoms in total. The maximum atomic E-state index is 11.8. The number of primary amides is 1. The summed E-state index contributed by atoms with van der Waals surface area (Å²) in [6.45, 7) is 3.65. The largest absolute Gasteiger partial charge is 0.370 e. The van der Waals surface area contributed by atoms with Crippen molar-refractivity contribution in [3.8, 4) is 0 Å². The third kappa shape index (κ3) is 11.3. The number of amides is 2. The van der Waals surface area contributed by atoms with Gasteiger partial charge in [0.1, 0.15) is 0 Å². The zero-order valence-corrected chi connectivity index (χ0v) is 14.3.